The molecule has 0 aromatic carbocycles. The Morgan fingerprint density at radius 1 is 1.47 bits per heavy atom. The first-order valence-corrected chi connectivity index (χ1v) is 5.41. The molecule has 3 unspecified atom stereocenters. The summed E-state index contributed by atoms with van der Waals surface area (Å²) in [5.74, 6) is -0.157. The minimum atomic E-state index is -0.824. The predicted octanol–water partition coefficient (Wildman–Crippen LogP) is 2.36. The van der Waals surface area contributed by atoms with Gasteiger partial charge in [0.05, 0.1) is 6.10 Å². The quantitative estimate of drug-likeness (QED) is 0.770. The smallest absolute Gasteiger partial charge is 0.107 e. The summed E-state index contributed by atoms with van der Waals surface area (Å²) in [5, 5.41) is 9.55. The molecule has 0 spiro atoms. The van der Waals surface area contributed by atoms with Crippen molar-refractivity contribution < 1.29 is 9.50 Å². The minimum Gasteiger partial charge on any atom is -0.393 e. The average Bonchev–Trinajstić information content (AvgIpc) is 2.22. The minimum absolute atomic E-state index is 0.157. The normalized spacial score (nSPS) is 31.5. The van der Waals surface area contributed by atoms with E-state index in [0.717, 1.165) is 11.3 Å². The third-order valence-electron chi connectivity index (χ3n) is 3.09. The van der Waals surface area contributed by atoms with Crippen LogP contribution in [-0.4, -0.2) is 22.4 Å². The molecule has 1 aromatic heterocycles. The highest BCUT2D eigenvalue weighted by Crippen LogP contribution is 2.35. The number of aliphatic hydroxyl groups excluding tert-OH is 1. The van der Waals surface area contributed by atoms with E-state index >= 15 is 0 Å². The van der Waals surface area contributed by atoms with Gasteiger partial charge in [0.15, 0.2) is 0 Å². The van der Waals surface area contributed by atoms with Gasteiger partial charge in [-0.05, 0) is 43.9 Å². The Hall–Kier alpha value is -0.960. The second-order valence-electron chi connectivity index (χ2n) is 4.32. The number of pyridine rings is 1. The molecule has 15 heavy (non-hydrogen) atoms. The molecule has 2 rings (SSSR count). The summed E-state index contributed by atoms with van der Waals surface area (Å²) in [6.07, 6.45) is 2.11. The summed E-state index contributed by atoms with van der Waals surface area (Å²) >= 11 is 0. The van der Waals surface area contributed by atoms with E-state index in [-0.39, 0.29) is 12.0 Å². The van der Waals surface area contributed by atoms with Crippen molar-refractivity contribution in [1.82, 2.24) is 4.98 Å². The lowest BCUT2D eigenvalue weighted by atomic mass is 9.81. The molecule has 0 aliphatic heterocycles. The van der Waals surface area contributed by atoms with Crippen LogP contribution in [-0.2, 0) is 0 Å². The SMILES string of the molecule is Cc1cc(C2CC(O)CCC2F)ccn1. The summed E-state index contributed by atoms with van der Waals surface area (Å²) in [6, 6.07) is 3.76. The Bertz CT molecular complexity index is 342. The molecule has 1 saturated carbocycles. The third-order valence-corrected chi connectivity index (χ3v) is 3.09. The molecule has 1 N–H and O–H groups in total. The lowest BCUT2D eigenvalue weighted by molar-refractivity contribution is 0.0775. The number of halogens is 1. The topological polar surface area (TPSA) is 33.1 Å². The van der Waals surface area contributed by atoms with Crippen LogP contribution in [0.2, 0.25) is 0 Å². The van der Waals surface area contributed by atoms with Crippen molar-refractivity contribution in [2.24, 2.45) is 0 Å². The molecule has 1 aliphatic rings. The molecule has 0 radical (unpaired) electrons. The monoisotopic (exact) mass is 209 g/mol. The van der Waals surface area contributed by atoms with Crippen molar-refractivity contribution in [3.8, 4) is 0 Å². The average molecular weight is 209 g/mol. The summed E-state index contributed by atoms with van der Waals surface area (Å²) in [7, 11) is 0. The van der Waals surface area contributed by atoms with Gasteiger partial charge in [-0.25, -0.2) is 4.39 Å². The van der Waals surface area contributed by atoms with Gasteiger partial charge >= 0.3 is 0 Å². The standard InChI is InChI=1S/C12H16FNO/c1-8-6-9(4-5-14-8)11-7-10(15)2-3-12(11)13/h4-6,10-12,15H,2-3,7H2,1H3. The molecule has 82 valence electrons. The van der Waals surface area contributed by atoms with E-state index in [1.54, 1.807) is 6.20 Å². The fourth-order valence-electron chi connectivity index (χ4n) is 2.25. The first kappa shape index (κ1) is 10.6. The lowest BCUT2D eigenvalue weighted by Gasteiger charge is -2.29. The van der Waals surface area contributed by atoms with Crippen LogP contribution in [0.5, 0.6) is 0 Å². The molecule has 1 heterocycles. The van der Waals surface area contributed by atoms with Crippen molar-refractivity contribution in [2.75, 3.05) is 0 Å². The Kier molecular flexibility index (Phi) is 3.00. The van der Waals surface area contributed by atoms with Gasteiger partial charge < -0.3 is 5.11 Å². The van der Waals surface area contributed by atoms with Crippen LogP contribution in [0.25, 0.3) is 0 Å². The van der Waals surface area contributed by atoms with Crippen LogP contribution in [0, 0.1) is 6.92 Å². The zero-order valence-electron chi connectivity index (χ0n) is 8.86. The van der Waals surface area contributed by atoms with Gasteiger partial charge in [0.25, 0.3) is 0 Å². The second kappa shape index (κ2) is 4.27. The number of aliphatic hydroxyl groups is 1. The van der Waals surface area contributed by atoms with Gasteiger partial charge in [0.2, 0.25) is 0 Å². The van der Waals surface area contributed by atoms with E-state index in [1.807, 2.05) is 19.1 Å². The van der Waals surface area contributed by atoms with Crippen LogP contribution in [0.4, 0.5) is 4.39 Å². The van der Waals surface area contributed by atoms with E-state index in [0.29, 0.717) is 19.3 Å². The second-order valence-corrected chi connectivity index (χ2v) is 4.32. The highest BCUT2D eigenvalue weighted by atomic mass is 19.1. The van der Waals surface area contributed by atoms with Gasteiger partial charge in [0, 0.05) is 17.8 Å². The van der Waals surface area contributed by atoms with E-state index in [4.69, 9.17) is 0 Å². The molecule has 1 aromatic rings. The molecule has 1 fully saturated rings. The molecular weight excluding hydrogens is 193 g/mol. The molecule has 2 nitrogen and oxygen atoms in total. The first-order valence-electron chi connectivity index (χ1n) is 5.41. The van der Waals surface area contributed by atoms with Gasteiger partial charge in [-0.15, -0.1) is 0 Å². The lowest BCUT2D eigenvalue weighted by Crippen LogP contribution is -2.27. The van der Waals surface area contributed by atoms with E-state index < -0.39 is 6.17 Å². The van der Waals surface area contributed by atoms with Crippen LogP contribution < -0.4 is 0 Å². The van der Waals surface area contributed by atoms with Gasteiger partial charge in [-0.3, -0.25) is 4.98 Å². The molecule has 0 saturated heterocycles. The predicted molar refractivity (Wildman–Crippen MR) is 56.5 cm³/mol. The van der Waals surface area contributed by atoms with Crippen molar-refractivity contribution in [2.45, 2.75) is 44.4 Å². The Morgan fingerprint density at radius 2 is 2.27 bits per heavy atom. The highest BCUT2D eigenvalue weighted by molar-refractivity contribution is 5.22. The zero-order chi connectivity index (χ0) is 10.8. The van der Waals surface area contributed by atoms with Crippen LogP contribution in [0.1, 0.15) is 36.4 Å². The first-order chi connectivity index (χ1) is 7.16. The van der Waals surface area contributed by atoms with Crippen molar-refractivity contribution in [3.63, 3.8) is 0 Å². The molecule has 0 bridgehead atoms. The van der Waals surface area contributed by atoms with Gasteiger partial charge in [-0.1, -0.05) is 0 Å². The summed E-state index contributed by atoms with van der Waals surface area (Å²) < 4.78 is 13.7. The van der Waals surface area contributed by atoms with E-state index in [1.165, 1.54) is 0 Å². The zero-order valence-corrected chi connectivity index (χ0v) is 8.86. The molecular formula is C12H16FNO. The number of nitrogens with zero attached hydrogens (tertiary/aromatic N) is 1. The third kappa shape index (κ3) is 2.34. The number of rotatable bonds is 1. The van der Waals surface area contributed by atoms with Gasteiger partial charge in [-0.2, -0.15) is 0 Å². The van der Waals surface area contributed by atoms with Crippen molar-refractivity contribution >= 4 is 0 Å². The van der Waals surface area contributed by atoms with Crippen molar-refractivity contribution in [1.29, 1.82) is 0 Å². The van der Waals surface area contributed by atoms with E-state index in [9.17, 15) is 9.50 Å². The summed E-state index contributed by atoms with van der Waals surface area (Å²) in [5.41, 5.74) is 1.87. The molecule has 1 aliphatic carbocycles. The number of aromatic nitrogens is 1. The van der Waals surface area contributed by atoms with Crippen molar-refractivity contribution in [3.05, 3.63) is 29.6 Å². The largest absolute Gasteiger partial charge is 0.393 e. The number of hydrogen-bond acceptors (Lipinski definition) is 2. The maximum absolute atomic E-state index is 13.7. The fraction of sp³-hybridized carbons (Fsp3) is 0.583. The molecule has 3 heteroatoms. The Morgan fingerprint density at radius 3 is 3.00 bits per heavy atom. The fourth-order valence-corrected chi connectivity index (χ4v) is 2.25. The number of alkyl halides is 1. The Balaban J connectivity index is 2.21. The van der Waals surface area contributed by atoms with Crippen LogP contribution in [0.15, 0.2) is 18.3 Å². The number of hydrogen-bond donors (Lipinski definition) is 1. The molecule has 3 atom stereocenters. The van der Waals surface area contributed by atoms with Crippen LogP contribution in [0.3, 0.4) is 0 Å². The summed E-state index contributed by atoms with van der Waals surface area (Å²) in [6.45, 7) is 1.90. The molecule has 0 amide bonds. The summed E-state index contributed by atoms with van der Waals surface area (Å²) in [4.78, 5) is 4.09. The maximum atomic E-state index is 13.7. The maximum Gasteiger partial charge on any atom is 0.107 e. The van der Waals surface area contributed by atoms with Crippen LogP contribution >= 0.6 is 0 Å². The van der Waals surface area contributed by atoms with E-state index in [2.05, 4.69) is 4.98 Å². The van der Waals surface area contributed by atoms with Gasteiger partial charge in [0.1, 0.15) is 6.17 Å². The highest BCUT2D eigenvalue weighted by Gasteiger charge is 2.30. The Labute approximate surface area is 89.2 Å². The number of aryl methyl sites for hydroxylation is 1.